The number of unbranched alkanes of at least 4 members (excludes halogenated alkanes) is 4. The molecule has 29 heavy (non-hydrogen) atoms. The number of likely N-dealkylation sites (tertiary alicyclic amines) is 1. The van der Waals surface area contributed by atoms with Crippen LogP contribution in [0.2, 0.25) is 0 Å². The fourth-order valence-corrected chi connectivity index (χ4v) is 5.53. The average molecular weight is 471 g/mol. The molecular weight excluding hydrogens is 433 g/mol. The minimum Gasteiger partial charge on any atom is -0.445 e. The zero-order chi connectivity index (χ0) is 21.3. The Balaban J connectivity index is 2.07. The highest BCUT2D eigenvalue weighted by atomic mass is 35.6. The van der Waals surface area contributed by atoms with Crippen molar-refractivity contribution in [3.05, 3.63) is 0 Å². The van der Waals surface area contributed by atoms with Gasteiger partial charge in [-0.3, -0.25) is 0 Å². The Hall–Kier alpha value is 0.1000. The van der Waals surface area contributed by atoms with Crippen molar-refractivity contribution in [2.24, 2.45) is 11.8 Å². The zero-order valence-corrected chi connectivity index (χ0v) is 20.0. The lowest BCUT2D eigenvalue weighted by Crippen LogP contribution is -2.57. The summed E-state index contributed by atoms with van der Waals surface area (Å²) >= 11 is 17.4. The van der Waals surface area contributed by atoms with Gasteiger partial charge in [-0.15, -0.1) is 0 Å². The quantitative estimate of drug-likeness (QED) is 0.280. The number of carbonyl (C=O) groups is 1. The molecule has 4 atom stereocenters. The summed E-state index contributed by atoms with van der Waals surface area (Å²) in [5.74, 6) is 1.27. The van der Waals surface area contributed by atoms with Gasteiger partial charge < -0.3 is 14.7 Å². The maximum absolute atomic E-state index is 13.1. The smallest absolute Gasteiger partial charge is 0.410 e. The highest BCUT2D eigenvalue weighted by Gasteiger charge is 2.45. The van der Waals surface area contributed by atoms with E-state index in [0.717, 1.165) is 38.5 Å². The second kappa shape index (κ2) is 12.8. The molecule has 7 heteroatoms. The van der Waals surface area contributed by atoms with Crippen LogP contribution in [0.4, 0.5) is 4.79 Å². The van der Waals surface area contributed by atoms with Crippen LogP contribution in [0.25, 0.3) is 0 Å². The molecule has 1 saturated carbocycles. The number of amides is 1. The fourth-order valence-electron chi connectivity index (χ4n) is 5.37. The van der Waals surface area contributed by atoms with Gasteiger partial charge in [0.25, 0.3) is 0 Å². The molecule has 1 aliphatic carbocycles. The topological polar surface area (TPSA) is 49.8 Å². The molecule has 2 aliphatic rings. The predicted octanol–water partition coefficient (Wildman–Crippen LogP) is 6.88. The van der Waals surface area contributed by atoms with Crippen LogP contribution in [0.1, 0.15) is 90.4 Å². The lowest BCUT2D eigenvalue weighted by molar-refractivity contribution is -0.0172. The third-order valence-electron chi connectivity index (χ3n) is 6.70. The van der Waals surface area contributed by atoms with E-state index in [2.05, 4.69) is 6.92 Å². The number of rotatable bonds is 10. The highest BCUT2D eigenvalue weighted by Crippen LogP contribution is 2.44. The van der Waals surface area contributed by atoms with Crippen LogP contribution >= 0.6 is 34.8 Å². The van der Waals surface area contributed by atoms with Crippen molar-refractivity contribution in [2.75, 3.05) is 13.2 Å². The van der Waals surface area contributed by atoms with E-state index in [1.807, 2.05) is 4.90 Å². The third kappa shape index (κ3) is 8.27. The van der Waals surface area contributed by atoms with E-state index in [0.29, 0.717) is 11.8 Å². The summed E-state index contributed by atoms with van der Waals surface area (Å²) < 4.78 is 3.85. The molecule has 1 aliphatic heterocycles. The summed E-state index contributed by atoms with van der Waals surface area (Å²) in [6.45, 7) is 2.25. The maximum atomic E-state index is 13.1. The largest absolute Gasteiger partial charge is 0.445 e. The second-order valence-electron chi connectivity index (χ2n) is 8.80. The van der Waals surface area contributed by atoms with Crippen LogP contribution in [0.3, 0.4) is 0 Å². The van der Waals surface area contributed by atoms with Gasteiger partial charge in [-0.2, -0.15) is 0 Å². The van der Waals surface area contributed by atoms with E-state index < -0.39 is 3.79 Å². The number of aliphatic hydroxyl groups excluding tert-OH is 1. The SMILES string of the molecule is CCCCCC1CCCC2C1CCC(CCCCCO)N2C(=O)OCC(Cl)(Cl)Cl. The zero-order valence-electron chi connectivity index (χ0n) is 17.8. The van der Waals surface area contributed by atoms with Crippen LogP contribution in [0.5, 0.6) is 0 Å². The van der Waals surface area contributed by atoms with Crippen LogP contribution in [0.15, 0.2) is 0 Å². The van der Waals surface area contributed by atoms with Crippen LogP contribution < -0.4 is 0 Å². The van der Waals surface area contributed by atoms with Gasteiger partial charge in [0.15, 0.2) is 0 Å². The molecule has 0 aromatic carbocycles. The van der Waals surface area contributed by atoms with Gasteiger partial charge in [-0.05, 0) is 43.9 Å². The molecule has 0 aromatic heterocycles. The van der Waals surface area contributed by atoms with Gasteiger partial charge in [0, 0.05) is 18.7 Å². The minimum atomic E-state index is -1.59. The van der Waals surface area contributed by atoms with E-state index in [-0.39, 0.29) is 31.4 Å². The summed E-state index contributed by atoms with van der Waals surface area (Å²) in [6, 6.07) is 0.432. The molecule has 170 valence electrons. The summed E-state index contributed by atoms with van der Waals surface area (Å²) in [6.07, 6.45) is 14.2. The Kier molecular flexibility index (Phi) is 11.2. The van der Waals surface area contributed by atoms with Crippen molar-refractivity contribution in [3.8, 4) is 0 Å². The Morgan fingerprint density at radius 2 is 1.79 bits per heavy atom. The molecule has 4 nitrogen and oxygen atoms in total. The first-order valence-corrected chi connectivity index (χ1v) is 12.6. The molecule has 1 saturated heterocycles. The average Bonchev–Trinajstić information content (AvgIpc) is 2.68. The van der Waals surface area contributed by atoms with Crippen LogP contribution in [-0.4, -0.2) is 45.2 Å². The van der Waals surface area contributed by atoms with Crippen molar-refractivity contribution >= 4 is 40.9 Å². The van der Waals surface area contributed by atoms with E-state index in [4.69, 9.17) is 44.6 Å². The number of hydrogen-bond donors (Lipinski definition) is 1. The lowest BCUT2D eigenvalue weighted by Gasteiger charge is -2.51. The minimum absolute atomic E-state index is 0.187. The van der Waals surface area contributed by atoms with Crippen molar-refractivity contribution < 1.29 is 14.6 Å². The van der Waals surface area contributed by atoms with E-state index >= 15 is 0 Å². The van der Waals surface area contributed by atoms with Crippen molar-refractivity contribution in [3.63, 3.8) is 0 Å². The van der Waals surface area contributed by atoms with Crippen LogP contribution in [-0.2, 0) is 4.74 Å². The second-order valence-corrected chi connectivity index (χ2v) is 11.3. The van der Waals surface area contributed by atoms with Crippen molar-refractivity contribution in [1.29, 1.82) is 0 Å². The predicted molar refractivity (Wildman–Crippen MR) is 121 cm³/mol. The molecule has 4 unspecified atom stereocenters. The Morgan fingerprint density at radius 3 is 2.48 bits per heavy atom. The lowest BCUT2D eigenvalue weighted by atomic mass is 9.68. The number of fused-ring (bicyclic) bond motifs is 1. The van der Waals surface area contributed by atoms with E-state index in [1.165, 1.54) is 44.9 Å². The highest BCUT2D eigenvalue weighted by molar-refractivity contribution is 6.67. The van der Waals surface area contributed by atoms with Gasteiger partial charge >= 0.3 is 6.09 Å². The summed E-state index contributed by atoms with van der Waals surface area (Å²) in [5.41, 5.74) is 0. The number of piperidine rings is 1. The molecule has 0 radical (unpaired) electrons. The molecular formula is C22H38Cl3NO3. The Morgan fingerprint density at radius 1 is 1.03 bits per heavy atom. The number of aliphatic hydroxyl groups is 1. The normalized spacial score (nSPS) is 27.6. The summed E-state index contributed by atoms with van der Waals surface area (Å²) in [4.78, 5) is 15.1. The fraction of sp³-hybridized carbons (Fsp3) is 0.955. The van der Waals surface area contributed by atoms with E-state index in [1.54, 1.807) is 0 Å². The van der Waals surface area contributed by atoms with E-state index in [9.17, 15) is 4.79 Å². The number of ether oxygens (including phenoxy) is 1. The van der Waals surface area contributed by atoms with Gasteiger partial charge in [0.1, 0.15) is 6.61 Å². The van der Waals surface area contributed by atoms with Gasteiger partial charge in [-0.1, -0.05) is 93.1 Å². The van der Waals surface area contributed by atoms with Crippen molar-refractivity contribution in [1.82, 2.24) is 4.90 Å². The first-order valence-electron chi connectivity index (χ1n) is 11.5. The summed E-state index contributed by atoms with van der Waals surface area (Å²) in [5, 5.41) is 9.04. The first-order chi connectivity index (χ1) is 13.9. The number of hydrogen-bond acceptors (Lipinski definition) is 3. The molecule has 0 aromatic rings. The molecule has 0 bridgehead atoms. The number of carbonyl (C=O) groups excluding carboxylic acids is 1. The summed E-state index contributed by atoms with van der Waals surface area (Å²) in [7, 11) is 0. The van der Waals surface area contributed by atoms with Crippen LogP contribution in [0, 0.1) is 11.8 Å². The van der Waals surface area contributed by atoms with Crippen molar-refractivity contribution in [2.45, 2.75) is 106 Å². The number of halogens is 3. The molecule has 0 spiro atoms. The monoisotopic (exact) mass is 469 g/mol. The molecule has 2 rings (SSSR count). The Labute approximate surface area is 191 Å². The third-order valence-corrected chi connectivity index (χ3v) is 7.03. The van der Waals surface area contributed by atoms with Gasteiger partial charge in [-0.25, -0.2) is 4.79 Å². The molecule has 1 amide bonds. The standard InChI is InChI=1S/C22H38Cl3NO3/c1-2-3-5-9-17-10-8-12-20-19(17)14-13-18(11-6-4-7-15-27)26(20)21(28)29-16-22(23,24)25/h17-20,27H,2-16H2,1H3. The molecule has 1 heterocycles. The van der Waals surface area contributed by atoms with Gasteiger partial charge in [0.2, 0.25) is 3.79 Å². The van der Waals surface area contributed by atoms with Gasteiger partial charge in [0.05, 0.1) is 0 Å². The number of nitrogens with zero attached hydrogens (tertiary/aromatic N) is 1. The molecule has 2 fully saturated rings. The first kappa shape index (κ1) is 25.4. The molecule has 1 N–H and O–H groups in total. The number of alkyl halides is 3. The maximum Gasteiger partial charge on any atom is 0.410 e. The Bertz CT molecular complexity index is 486.